The molecule has 0 aliphatic heterocycles. The second kappa shape index (κ2) is 4.67. The van der Waals surface area contributed by atoms with Gasteiger partial charge in [-0.25, -0.2) is 4.39 Å². The van der Waals surface area contributed by atoms with E-state index in [0.29, 0.717) is 25.4 Å². The lowest BCUT2D eigenvalue weighted by Gasteiger charge is -2.24. The van der Waals surface area contributed by atoms with E-state index in [-0.39, 0.29) is 6.61 Å². The molecule has 0 saturated heterocycles. The lowest BCUT2D eigenvalue weighted by atomic mass is 9.94. The average Bonchev–Trinajstić information content (AvgIpc) is 2.04. The fraction of sp³-hybridized carbons (Fsp3) is 1.00. The van der Waals surface area contributed by atoms with Crippen molar-refractivity contribution >= 4 is 0 Å². The quantitative estimate of drug-likeness (QED) is 0.643. The number of hydrogen-bond donors (Lipinski definition) is 2. The summed E-state index contributed by atoms with van der Waals surface area (Å²) >= 11 is 0. The summed E-state index contributed by atoms with van der Waals surface area (Å²) in [6, 6.07) is 0.439. The summed E-state index contributed by atoms with van der Waals surface area (Å²) in [5, 5.41) is 11.7. The predicted octanol–water partition coefficient (Wildman–Crippen LogP) is 0.849. The van der Waals surface area contributed by atoms with Crippen LogP contribution < -0.4 is 5.32 Å². The SMILES string of the molecule is OCCNC1CCC(F)CC1. The Balaban J connectivity index is 2.07. The minimum atomic E-state index is -0.581. The second-order valence-electron chi connectivity index (χ2n) is 3.13. The number of aliphatic hydroxyl groups excluding tert-OH is 1. The van der Waals surface area contributed by atoms with Gasteiger partial charge in [-0.1, -0.05) is 0 Å². The number of hydrogen-bond acceptors (Lipinski definition) is 2. The van der Waals surface area contributed by atoms with Gasteiger partial charge in [-0.3, -0.25) is 0 Å². The van der Waals surface area contributed by atoms with Gasteiger partial charge in [0, 0.05) is 12.6 Å². The van der Waals surface area contributed by atoms with Crippen molar-refractivity contribution in [1.29, 1.82) is 0 Å². The van der Waals surface area contributed by atoms with Crippen LogP contribution in [0.25, 0.3) is 0 Å². The molecule has 1 aliphatic rings. The minimum Gasteiger partial charge on any atom is -0.395 e. The molecule has 1 saturated carbocycles. The van der Waals surface area contributed by atoms with Crippen LogP contribution >= 0.6 is 0 Å². The number of aliphatic hydroxyl groups is 1. The van der Waals surface area contributed by atoms with Gasteiger partial charge in [0.15, 0.2) is 0 Å². The Kier molecular flexibility index (Phi) is 3.80. The Morgan fingerprint density at radius 1 is 1.27 bits per heavy atom. The maximum absolute atomic E-state index is 12.6. The Bertz CT molecular complexity index is 99.5. The molecule has 0 bridgehead atoms. The van der Waals surface area contributed by atoms with Crippen LogP contribution in [0.3, 0.4) is 0 Å². The van der Waals surface area contributed by atoms with Gasteiger partial charge in [-0.15, -0.1) is 0 Å². The molecule has 2 N–H and O–H groups in total. The van der Waals surface area contributed by atoms with Crippen molar-refractivity contribution in [2.24, 2.45) is 0 Å². The molecule has 11 heavy (non-hydrogen) atoms. The highest BCUT2D eigenvalue weighted by molar-refractivity contribution is 4.76. The highest BCUT2D eigenvalue weighted by Gasteiger charge is 2.19. The van der Waals surface area contributed by atoms with Crippen LogP contribution in [0.5, 0.6) is 0 Å². The van der Waals surface area contributed by atoms with Crippen molar-refractivity contribution in [1.82, 2.24) is 5.32 Å². The van der Waals surface area contributed by atoms with Crippen molar-refractivity contribution in [2.75, 3.05) is 13.2 Å². The molecule has 0 aromatic carbocycles. The summed E-state index contributed by atoms with van der Waals surface area (Å²) in [6.45, 7) is 0.817. The summed E-state index contributed by atoms with van der Waals surface area (Å²) in [5.41, 5.74) is 0. The fourth-order valence-corrected chi connectivity index (χ4v) is 1.53. The Hall–Kier alpha value is -0.150. The molecular weight excluding hydrogens is 145 g/mol. The van der Waals surface area contributed by atoms with E-state index < -0.39 is 6.17 Å². The largest absolute Gasteiger partial charge is 0.395 e. The van der Waals surface area contributed by atoms with Gasteiger partial charge in [-0.2, -0.15) is 0 Å². The molecule has 0 atom stereocenters. The summed E-state index contributed by atoms with van der Waals surface area (Å²) in [5.74, 6) is 0. The van der Waals surface area contributed by atoms with Crippen LogP contribution in [0.1, 0.15) is 25.7 Å². The van der Waals surface area contributed by atoms with E-state index in [1.54, 1.807) is 0 Å². The zero-order chi connectivity index (χ0) is 8.10. The van der Waals surface area contributed by atoms with Crippen molar-refractivity contribution in [3.05, 3.63) is 0 Å². The topological polar surface area (TPSA) is 32.3 Å². The molecule has 0 amide bonds. The molecule has 66 valence electrons. The van der Waals surface area contributed by atoms with Gasteiger partial charge >= 0.3 is 0 Å². The zero-order valence-electron chi connectivity index (χ0n) is 6.72. The van der Waals surface area contributed by atoms with Crippen LogP contribution in [-0.4, -0.2) is 30.5 Å². The van der Waals surface area contributed by atoms with E-state index in [1.807, 2.05) is 0 Å². The Morgan fingerprint density at radius 3 is 2.45 bits per heavy atom. The van der Waals surface area contributed by atoms with Gasteiger partial charge in [0.05, 0.1) is 6.61 Å². The smallest absolute Gasteiger partial charge is 0.100 e. The van der Waals surface area contributed by atoms with Gasteiger partial charge in [0.1, 0.15) is 6.17 Å². The van der Waals surface area contributed by atoms with E-state index >= 15 is 0 Å². The molecule has 1 aliphatic carbocycles. The standard InChI is InChI=1S/C8H16FNO/c9-7-1-3-8(4-2-7)10-5-6-11/h7-8,10-11H,1-6H2. The molecule has 2 nitrogen and oxygen atoms in total. The Morgan fingerprint density at radius 2 is 1.91 bits per heavy atom. The normalized spacial score (nSPS) is 32.2. The van der Waals surface area contributed by atoms with Crippen molar-refractivity contribution in [2.45, 2.75) is 37.9 Å². The first-order chi connectivity index (χ1) is 5.33. The van der Waals surface area contributed by atoms with E-state index in [9.17, 15) is 4.39 Å². The molecule has 0 spiro atoms. The predicted molar refractivity (Wildman–Crippen MR) is 42.2 cm³/mol. The Labute approximate surface area is 66.8 Å². The number of nitrogens with one attached hydrogen (secondary N) is 1. The number of alkyl halides is 1. The molecule has 0 unspecified atom stereocenters. The summed E-state index contributed by atoms with van der Waals surface area (Å²) in [7, 11) is 0. The third kappa shape index (κ3) is 3.16. The first-order valence-corrected chi connectivity index (χ1v) is 4.31. The summed E-state index contributed by atoms with van der Waals surface area (Å²) in [6.07, 6.45) is 2.62. The molecular formula is C8H16FNO. The van der Waals surface area contributed by atoms with E-state index in [1.165, 1.54) is 0 Å². The third-order valence-corrected chi connectivity index (χ3v) is 2.20. The van der Waals surface area contributed by atoms with Crippen LogP contribution in [0, 0.1) is 0 Å². The molecule has 3 heteroatoms. The second-order valence-corrected chi connectivity index (χ2v) is 3.13. The van der Waals surface area contributed by atoms with E-state index in [4.69, 9.17) is 5.11 Å². The van der Waals surface area contributed by atoms with Crippen LogP contribution in [0.2, 0.25) is 0 Å². The van der Waals surface area contributed by atoms with Crippen LogP contribution in [0.15, 0.2) is 0 Å². The molecule has 1 rings (SSSR count). The van der Waals surface area contributed by atoms with Crippen molar-refractivity contribution in [3.63, 3.8) is 0 Å². The third-order valence-electron chi connectivity index (χ3n) is 2.20. The first-order valence-electron chi connectivity index (χ1n) is 4.31. The summed E-state index contributed by atoms with van der Waals surface area (Å²) in [4.78, 5) is 0. The van der Waals surface area contributed by atoms with Gasteiger partial charge in [-0.05, 0) is 25.7 Å². The maximum Gasteiger partial charge on any atom is 0.100 e. The highest BCUT2D eigenvalue weighted by Crippen LogP contribution is 2.20. The van der Waals surface area contributed by atoms with Gasteiger partial charge in [0.2, 0.25) is 0 Å². The molecule has 0 radical (unpaired) electrons. The summed E-state index contributed by atoms with van der Waals surface area (Å²) < 4.78 is 12.6. The van der Waals surface area contributed by atoms with Crippen LogP contribution in [0.4, 0.5) is 4.39 Å². The van der Waals surface area contributed by atoms with Crippen LogP contribution in [-0.2, 0) is 0 Å². The minimum absolute atomic E-state index is 0.176. The fourth-order valence-electron chi connectivity index (χ4n) is 1.53. The van der Waals surface area contributed by atoms with Gasteiger partial charge in [0.25, 0.3) is 0 Å². The van der Waals surface area contributed by atoms with Gasteiger partial charge < -0.3 is 10.4 Å². The van der Waals surface area contributed by atoms with E-state index in [0.717, 1.165) is 12.8 Å². The van der Waals surface area contributed by atoms with Crippen molar-refractivity contribution in [3.8, 4) is 0 Å². The maximum atomic E-state index is 12.6. The zero-order valence-corrected chi connectivity index (χ0v) is 6.72. The number of halogens is 1. The van der Waals surface area contributed by atoms with Crippen molar-refractivity contribution < 1.29 is 9.50 Å². The first kappa shape index (κ1) is 8.94. The average molecular weight is 161 g/mol. The number of rotatable bonds is 3. The molecule has 0 heterocycles. The molecule has 0 aromatic rings. The highest BCUT2D eigenvalue weighted by atomic mass is 19.1. The lowest BCUT2D eigenvalue weighted by Crippen LogP contribution is -2.35. The van der Waals surface area contributed by atoms with E-state index in [2.05, 4.69) is 5.32 Å². The lowest BCUT2D eigenvalue weighted by molar-refractivity contribution is 0.210. The molecule has 0 aromatic heterocycles. The molecule has 1 fully saturated rings. The monoisotopic (exact) mass is 161 g/mol.